The van der Waals surface area contributed by atoms with Crippen molar-refractivity contribution >= 4 is 45.2 Å². The van der Waals surface area contributed by atoms with Crippen molar-refractivity contribution in [1.29, 1.82) is 0 Å². The number of halogens is 2. The molecule has 31 heavy (non-hydrogen) atoms. The third-order valence-corrected chi connectivity index (χ3v) is 5.75. The molecule has 0 atom stereocenters. The summed E-state index contributed by atoms with van der Waals surface area (Å²) in [4.78, 5) is 27.3. The summed E-state index contributed by atoms with van der Waals surface area (Å²) in [5, 5.41) is 0.721. The number of primary amides is 1. The van der Waals surface area contributed by atoms with E-state index in [1.54, 1.807) is 4.90 Å². The molecule has 2 N–H and O–H groups in total. The maximum atomic E-state index is 11.9. The van der Waals surface area contributed by atoms with Gasteiger partial charge in [0.2, 0.25) is 0 Å². The van der Waals surface area contributed by atoms with Crippen molar-refractivity contribution in [2.45, 2.75) is 25.7 Å². The molecule has 0 unspecified atom stereocenters. The van der Waals surface area contributed by atoms with E-state index in [2.05, 4.69) is 20.8 Å². The fourth-order valence-corrected chi connectivity index (χ4v) is 3.65. The van der Waals surface area contributed by atoms with Crippen LogP contribution in [0.1, 0.15) is 24.8 Å². The van der Waals surface area contributed by atoms with Crippen LogP contribution in [0.2, 0.25) is 5.02 Å². The quantitative estimate of drug-likeness (QED) is 0.413. The van der Waals surface area contributed by atoms with Gasteiger partial charge in [-0.05, 0) is 74.3 Å². The predicted octanol–water partition coefficient (Wildman–Crippen LogP) is 4.88. The molecule has 0 saturated carbocycles. The van der Waals surface area contributed by atoms with Gasteiger partial charge in [0.25, 0.3) is 0 Å². The number of methoxy groups -OCH3 is 1. The first-order valence-electron chi connectivity index (χ1n) is 10.2. The van der Waals surface area contributed by atoms with Crippen LogP contribution < -0.4 is 10.6 Å². The lowest BCUT2D eigenvalue weighted by molar-refractivity contribution is -0.140. The Balaban J connectivity index is 1.92. The van der Waals surface area contributed by atoms with Gasteiger partial charge in [-0.15, -0.1) is 0 Å². The molecule has 2 amide bonds. The third kappa shape index (κ3) is 9.29. The Kier molecular flexibility index (Phi) is 10.8. The summed E-state index contributed by atoms with van der Waals surface area (Å²) < 4.78 is 5.68. The van der Waals surface area contributed by atoms with Gasteiger partial charge in [-0.3, -0.25) is 9.69 Å². The number of amides is 2. The summed E-state index contributed by atoms with van der Waals surface area (Å²) >= 11 is 9.37. The number of esters is 1. The highest BCUT2D eigenvalue weighted by Gasteiger charge is 2.14. The molecular formula is C23H29BrClN3O3. The molecule has 2 aromatic rings. The van der Waals surface area contributed by atoms with Crippen LogP contribution in [0.5, 0.6) is 0 Å². The van der Waals surface area contributed by atoms with Crippen LogP contribution >= 0.6 is 27.5 Å². The summed E-state index contributed by atoms with van der Waals surface area (Å²) in [6.07, 6.45) is 2.75. The van der Waals surface area contributed by atoms with Crippen molar-refractivity contribution in [1.82, 2.24) is 4.90 Å². The molecule has 0 aliphatic heterocycles. The van der Waals surface area contributed by atoms with Crippen LogP contribution in [-0.2, 0) is 16.0 Å². The van der Waals surface area contributed by atoms with Crippen LogP contribution in [0, 0.1) is 0 Å². The molecule has 8 heteroatoms. The van der Waals surface area contributed by atoms with Crippen LogP contribution in [-0.4, -0.2) is 50.2 Å². The Bertz CT molecular complexity index is 831. The molecule has 0 fully saturated rings. The Morgan fingerprint density at radius 1 is 0.968 bits per heavy atom. The van der Waals surface area contributed by atoms with E-state index >= 15 is 0 Å². The Hall–Kier alpha value is -2.09. The number of hydrogen-bond acceptors (Lipinski definition) is 4. The molecule has 2 rings (SSSR count). The van der Waals surface area contributed by atoms with Gasteiger partial charge in [-0.25, -0.2) is 4.79 Å². The van der Waals surface area contributed by atoms with Gasteiger partial charge in [0.05, 0.1) is 7.11 Å². The molecule has 0 spiro atoms. The zero-order chi connectivity index (χ0) is 22.6. The largest absolute Gasteiger partial charge is 0.469 e. The van der Waals surface area contributed by atoms with Gasteiger partial charge in [0.1, 0.15) is 0 Å². The van der Waals surface area contributed by atoms with Crippen LogP contribution in [0.4, 0.5) is 10.5 Å². The SMILES string of the molecule is COC(=O)CCCN(CCCN(C(N)=O)c1ccc(Br)cc1)CCc1ccc(Cl)cc1. The van der Waals surface area contributed by atoms with Crippen molar-refractivity contribution in [2.24, 2.45) is 5.73 Å². The highest BCUT2D eigenvalue weighted by Crippen LogP contribution is 2.19. The smallest absolute Gasteiger partial charge is 0.319 e. The van der Waals surface area contributed by atoms with E-state index in [9.17, 15) is 9.59 Å². The monoisotopic (exact) mass is 509 g/mol. The lowest BCUT2D eigenvalue weighted by Crippen LogP contribution is -2.38. The van der Waals surface area contributed by atoms with Crippen molar-refractivity contribution in [2.75, 3.05) is 38.2 Å². The van der Waals surface area contributed by atoms with E-state index in [1.807, 2.05) is 48.5 Å². The minimum atomic E-state index is -0.472. The van der Waals surface area contributed by atoms with Crippen LogP contribution in [0.3, 0.4) is 0 Å². The number of nitrogens with zero attached hydrogens (tertiary/aromatic N) is 2. The van der Waals surface area contributed by atoms with E-state index in [1.165, 1.54) is 12.7 Å². The van der Waals surface area contributed by atoms with Gasteiger partial charge in [-0.2, -0.15) is 0 Å². The van der Waals surface area contributed by atoms with Crippen molar-refractivity contribution in [3.63, 3.8) is 0 Å². The van der Waals surface area contributed by atoms with E-state index in [4.69, 9.17) is 22.1 Å². The lowest BCUT2D eigenvalue weighted by atomic mass is 10.1. The van der Waals surface area contributed by atoms with E-state index in [0.717, 1.165) is 54.1 Å². The summed E-state index contributed by atoms with van der Waals surface area (Å²) in [6, 6.07) is 14.9. The fraction of sp³-hybridized carbons (Fsp3) is 0.391. The van der Waals surface area contributed by atoms with Crippen molar-refractivity contribution in [3.8, 4) is 0 Å². The molecule has 0 heterocycles. The first kappa shape index (κ1) is 25.2. The molecule has 0 bridgehead atoms. The second kappa shape index (κ2) is 13.3. The number of ether oxygens (including phenoxy) is 1. The zero-order valence-corrected chi connectivity index (χ0v) is 20.1. The number of carbonyl (C=O) groups is 2. The topological polar surface area (TPSA) is 75.9 Å². The molecule has 2 aromatic carbocycles. The maximum absolute atomic E-state index is 11.9. The highest BCUT2D eigenvalue weighted by atomic mass is 79.9. The molecule has 6 nitrogen and oxygen atoms in total. The number of rotatable bonds is 12. The normalized spacial score (nSPS) is 10.8. The Labute approximate surface area is 197 Å². The average Bonchev–Trinajstić information content (AvgIpc) is 2.76. The number of urea groups is 1. The first-order valence-corrected chi connectivity index (χ1v) is 11.4. The van der Waals surface area contributed by atoms with Gasteiger partial charge >= 0.3 is 12.0 Å². The zero-order valence-electron chi connectivity index (χ0n) is 17.7. The fourth-order valence-electron chi connectivity index (χ4n) is 3.26. The second-order valence-electron chi connectivity index (χ2n) is 7.22. The van der Waals surface area contributed by atoms with Crippen molar-refractivity contribution in [3.05, 3.63) is 63.6 Å². The van der Waals surface area contributed by atoms with Gasteiger partial charge in [0.15, 0.2) is 0 Å². The molecule has 0 aliphatic rings. The van der Waals surface area contributed by atoms with Gasteiger partial charge in [-0.1, -0.05) is 39.7 Å². The van der Waals surface area contributed by atoms with Crippen LogP contribution in [0.15, 0.2) is 53.0 Å². The number of nitrogens with two attached hydrogens (primary N) is 1. The summed E-state index contributed by atoms with van der Waals surface area (Å²) in [7, 11) is 1.40. The Morgan fingerprint density at radius 2 is 1.61 bits per heavy atom. The average molecular weight is 511 g/mol. The van der Waals surface area contributed by atoms with Crippen LogP contribution in [0.25, 0.3) is 0 Å². The molecule has 0 aliphatic carbocycles. The summed E-state index contributed by atoms with van der Waals surface area (Å²) in [6.45, 7) is 2.93. The van der Waals surface area contributed by atoms with Crippen molar-refractivity contribution < 1.29 is 14.3 Å². The first-order chi connectivity index (χ1) is 14.9. The molecule has 168 valence electrons. The minimum absolute atomic E-state index is 0.201. The summed E-state index contributed by atoms with van der Waals surface area (Å²) in [5.74, 6) is -0.201. The standard InChI is InChI=1S/C23H29BrClN3O3/c1-31-22(29)4-2-14-27(17-13-18-5-9-20(25)10-6-18)15-3-16-28(23(26)30)21-11-7-19(24)8-12-21/h5-12H,2-4,13-17H2,1H3,(H2,26,30). The van der Waals surface area contributed by atoms with E-state index < -0.39 is 6.03 Å². The van der Waals surface area contributed by atoms with Gasteiger partial charge < -0.3 is 15.4 Å². The number of carbonyl (C=O) groups excluding carboxylic acids is 2. The minimum Gasteiger partial charge on any atom is -0.469 e. The number of benzene rings is 2. The summed E-state index contributed by atoms with van der Waals surface area (Å²) in [5.41, 5.74) is 7.58. The Morgan fingerprint density at radius 3 is 2.23 bits per heavy atom. The lowest BCUT2D eigenvalue weighted by Gasteiger charge is -2.25. The van der Waals surface area contributed by atoms with Gasteiger partial charge in [0, 0.05) is 34.7 Å². The predicted molar refractivity (Wildman–Crippen MR) is 129 cm³/mol. The molecule has 0 saturated heterocycles. The van der Waals surface area contributed by atoms with E-state index in [-0.39, 0.29) is 5.97 Å². The third-order valence-electron chi connectivity index (χ3n) is 4.97. The molecule has 0 aromatic heterocycles. The highest BCUT2D eigenvalue weighted by molar-refractivity contribution is 9.10. The number of hydrogen-bond donors (Lipinski definition) is 1. The second-order valence-corrected chi connectivity index (χ2v) is 8.57. The molecular weight excluding hydrogens is 482 g/mol. The number of anilines is 1. The van der Waals surface area contributed by atoms with E-state index in [0.29, 0.717) is 13.0 Å². The molecule has 0 radical (unpaired) electrons. The maximum Gasteiger partial charge on any atom is 0.319 e.